The summed E-state index contributed by atoms with van der Waals surface area (Å²) < 4.78 is 37.7. The second-order valence-corrected chi connectivity index (χ2v) is 7.85. The molecule has 1 aliphatic heterocycles. The Morgan fingerprint density at radius 3 is 2.04 bits per heavy atom. The van der Waals surface area contributed by atoms with Crippen molar-refractivity contribution >= 4 is 17.8 Å². The zero-order valence-electron chi connectivity index (χ0n) is 15.0. The van der Waals surface area contributed by atoms with Crippen LogP contribution < -0.4 is 5.32 Å². The molecule has 1 heterocycles. The topological polar surface area (TPSA) is 86.7 Å². The lowest BCUT2D eigenvalue weighted by molar-refractivity contribution is -0.176. The minimum Gasteiger partial charge on any atom is -0.480 e. The first-order chi connectivity index (χ1) is 11.2. The van der Waals surface area contributed by atoms with E-state index < -0.39 is 41.5 Å². The first kappa shape index (κ1) is 21.2. The lowest BCUT2D eigenvalue weighted by Gasteiger charge is -2.35. The molecule has 1 rings (SSSR count). The van der Waals surface area contributed by atoms with Crippen LogP contribution in [0.4, 0.5) is 13.2 Å². The molecule has 0 radical (unpaired) electrons. The van der Waals surface area contributed by atoms with Crippen LogP contribution in [0.5, 0.6) is 0 Å². The van der Waals surface area contributed by atoms with Gasteiger partial charge in [0.2, 0.25) is 5.91 Å². The van der Waals surface area contributed by atoms with Gasteiger partial charge in [0.05, 0.1) is 0 Å². The largest absolute Gasteiger partial charge is 0.480 e. The molecule has 6 nitrogen and oxygen atoms in total. The maximum Gasteiger partial charge on any atom is 0.471 e. The summed E-state index contributed by atoms with van der Waals surface area (Å²) in [4.78, 5) is 36.7. The van der Waals surface area contributed by atoms with E-state index in [1.54, 1.807) is 5.32 Å². The maximum atomic E-state index is 12.8. The molecule has 0 saturated carbocycles. The van der Waals surface area contributed by atoms with E-state index in [-0.39, 0.29) is 24.8 Å². The van der Waals surface area contributed by atoms with Gasteiger partial charge in [-0.15, -0.1) is 0 Å². The van der Waals surface area contributed by atoms with Crippen molar-refractivity contribution in [1.29, 1.82) is 0 Å². The fourth-order valence-electron chi connectivity index (χ4n) is 2.86. The van der Waals surface area contributed by atoms with E-state index in [2.05, 4.69) is 0 Å². The Morgan fingerprint density at radius 2 is 1.68 bits per heavy atom. The number of hydrogen-bond donors (Lipinski definition) is 2. The van der Waals surface area contributed by atoms with Crippen LogP contribution in [0.3, 0.4) is 0 Å². The number of likely N-dealkylation sites (tertiary alicyclic amines) is 1. The highest BCUT2D eigenvalue weighted by molar-refractivity contribution is 5.92. The molecular weight excluding hydrogens is 341 g/mol. The van der Waals surface area contributed by atoms with Crippen LogP contribution in [0.1, 0.15) is 41.0 Å². The van der Waals surface area contributed by atoms with E-state index in [9.17, 15) is 32.7 Å². The number of hydrogen-bond acceptors (Lipinski definition) is 3. The van der Waals surface area contributed by atoms with Crippen molar-refractivity contribution in [3.63, 3.8) is 0 Å². The summed E-state index contributed by atoms with van der Waals surface area (Å²) >= 11 is 0. The highest BCUT2D eigenvalue weighted by Gasteiger charge is 2.48. The third-order valence-corrected chi connectivity index (χ3v) is 4.49. The van der Waals surface area contributed by atoms with E-state index in [0.29, 0.717) is 0 Å². The Bertz CT molecular complexity index is 540. The highest BCUT2D eigenvalue weighted by Crippen LogP contribution is 2.32. The number of halogens is 3. The van der Waals surface area contributed by atoms with Crippen LogP contribution in [0.15, 0.2) is 0 Å². The van der Waals surface area contributed by atoms with E-state index in [1.165, 1.54) is 20.8 Å². The molecule has 0 aromatic rings. The first-order valence-corrected chi connectivity index (χ1v) is 8.07. The Kier molecular flexibility index (Phi) is 6.13. The molecule has 0 aromatic carbocycles. The van der Waals surface area contributed by atoms with Gasteiger partial charge in [0.15, 0.2) is 0 Å². The molecular formula is C16H25F3N2O4. The molecule has 2 amide bonds. The number of aliphatic carboxylic acids is 1. The number of carbonyl (C=O) groups is 3. The minimum absolute atomic E-state index is 0.0658. The summed E-state index contributed by atoms with van der Waals surface area (Å²) in [5, 5.41) is 11.1. The Hall–Kier alpha value is -1.80. The van der Waals surface area contributed by atoms with Gasteiger partial charge >= 0.3 is 18.1 Å². The summed E-state index contributed by atoms with van der Waals surface area (Å²) in [6.45, 7) is 8.46. The van der Waals surface area contributed by atoms with Crippen molar-refractivity contribution in [2.45, 2.75) is 59.3 Å². The number of nitrogens with one attached hydrogen (secondary N) is 1. The van der Waals surface area contributed by atoms with Crippen LogP contribution in [0.25, 0.3) is 0 Å². The van der Waals surface area contributed by atoms with Crippen LogP contribution in [-0.4, -0.2) is 52.6 Å². The van der Waals surface area contributed by atoms with E-state index >= 15 is 0 Å². The molecule has 144 valence electrons. The standard InChI is InChI=1S/C16H25F3N2O4/c1-8(2)9-6-10(13(23)24)21(7-9)12(22)11(15(3,4)5)20-14(25)16(17,18)19/h8-11H,6-7H2,1-5H3,(H,20,25)(H,23,24). The average Bonchev–Trinajstić information content (AvgIpc) is 2.86. The second-order valence-electron chi connectivity index (χ2n) is 7.85. The molecule has 9 heteroatoms. The van der Waals surface area contributed by atoms with Gasteiger partial charge in [0.25, 0.3) is 0 Å². The zero-order valence-corrected chi connectivity index (χ0v) is 15.0. The maximum absolute atomic E-state index is 12.8. The molecule has 0 bridgehead atoms. The first-order valence-electron chi connectivity index (χ1n) is 8.07. The summed E-state index contributed by atoms with van der Waals surface area (Å²) in [6.07, 6.45) is -4.88. The Labute approximate surface area is 144 Å². The highest BCUT2D eigenvalue weighted by atomic mass is 19.4. The summed E-state index contributed by atoms with van der Waals surface area (Å²) in [6, 6.07) is -2.58. The van der Waals surface area contributed by atoms with Gasteiger partial charge in [-0.05, 0) is 23.7 Å². The van der Waals surface area contributed by atoms with Crippen LogP contribution in [0, 0.1) is 17.3 Å². The Balaban J connectivity index is 3.11. The number of carboxylic acid groups (broad SMARTS) is 1. The van der Waals surface area contributed by atoms with Gasteiger partial charge < -0.3 is 15.3 Å². The van der Waals surface area contributed by atoms with Crippen molar-refractivity contribution in [2.75, 3.05) is 6.54 Å². The van der Waals surface area contributed by atoms with Gasteiger partial charge in [-0.1, -0.05) is 34.6 Å². The van der Waals surface area contributed by atoms with Crippen LogP contribution in [-0.2, 0) is 14.4 Å². The predicted molar refractivity (Wildman–Crippen MR) is 83.5 cm³/mol. The third kappa shape index (κ3) is 5.09. The molecule has 3 atom stereocenters. The molecule has 0 spiro atoms. The SMILES string of the molecule is CC(C)C1CC(C(=O)O)N(C(=O)C(NC(=O)C(F)(F)F)C(C)(C)C)C1. The summed E-state index contributed by atoms with van der Waals surface area (Å²) in [7, 11) is 0. The zero-order chi connectivity index (χ0) is 19.7. The van der Waals surface area contributed by atoms with Crippen LogP contribution in [0.2, 0.25) is 0 Å². The molecule has 1 fully saturated rings. The van der Waals surface area contributed by atoms with Gasteiger partial charge in [0, 0.05) is 6.54 Å². The number of rotatable bonds is 4. The van der Waals surface area contributed by atoms with Gasteiger partial charge in [0.1, 0.15) is 12.1 Å². The molecule has 1 aliphatic rings. The minimum atomic E-state index is -5.12. The van der Waals surface area contributed by atoms with Crippen molar-refractivity contribution in [2.24, 2.45) is 17.3 Å². The fourth-order valence-corrected chi connectivity index (χ4v) is 2.86. The van der Waals surface area contributed by atoms with Crippen LogP contribution >= 0.6 is 0 Å². The average molecular weight is 366 g/mol. The predicted octanol–water partition coefficient (Wildman–Crippen LogP) is 2.04. The van der Waals surface area contributed by atoms with E-state index in [0.717, 1.165) is 4.90 Å². The van der Waals surface area contributed by atoms with E-state index in [4.69, 9.17) is 0 Å². The molecule has 3 unspecified atom stereocenters. The van der Waals surface area contributed by atoms with E-state index in [1.807, 2.05) is 13.8 Å². The third-order valence-electron chi connectivity index (χ3n) is 4.49. The normalized spacial score (nSPS) is 22.8. The Morgan fingerprint density at radius 1 is 1.16 bits per heavy atom. The van der Waals surface area contributed by atoms with Crippen molar-refractivity contribution in [3.8, 4) is 0 Å². The molecule has 25 heavy (non-hydrogen) atoms. The molecule has 0 aromatic heterocycles. The van der Waals surface area contributed by atoms with Gasteiger partial charge in [-0.2, -0.15) is 13.2 Å². The van der Waals surface area contributed by atoms with Crippen molar-refractivity contribution in [1.82, 2.24) is 10.2 Å². The number of nitrogens with zero attached hydrogens (tertiary/aromatic N) is 1. The van der Waals surface area contributed by atoms with Gasteiger partial charge in [-0.25, -0.2) is 4.79 Å². The fraction of sp³-hybridized carbons (Fsp3) is 0.812. The number of amides is 2. The second kappa shape index (κ2) is 7.21. The van der Waals surface area contributed by atoms with Crippen molar-refractivity contribution in [3.05, 3.63) is 0 Å². The lowest BCUT2D eigenvalue weighted by Crippen LogP contribution is -2.58. The number of carboxylic acids is 1. The number of alkyl halides is 3. The molecule has 1 saturated heterocycles. The lowest BCUT2D eigenvalue weighted by atomic mass is 9.85. The summed E-state index contributed by atoms with van der Waals surface area (Å²) in [5.41, 5.74) is -1.02. The molecule has 0 aliphatic carbocycles. The molecule has 2 N–H and O–H groups in total. The number of carbonyl (C=O) groups excluding carboxylic acids is 2. The quantitative estimate of drug-likeness (QED) is 0.797. The smallest absolute Gasteiger partial charge is 0.471 e. The van der Waals surface area contributed by atoms with Gasteiger partial charge in [-0.3, -0.25) is 9.59 Å². The summed E-state index contributed by atoms with van der Waals surface area (Å²) in [5.74, 6) is -4.17. The monoisotopic (exact) mass is 366 g/mol. The van der Waals surface area contributed by atoms with Crippen molar-refractivity contribution < 1.29 is 32.7 Å².